The second-order valence-electron chi connectivity index (χ2n) is 5.98. The summed E-state index contributed by atoms with van der Waals surface area (Å²) in [6.45, 7) is 0.835. The molecule has 0 bridgehead atoms. The molecule has 1 aromatic carbocycles. The van der Waals surface area contributed by atoms with Crippen LogP contribution in [0.1, 0.15) is 43.6 Å². The third kappa shape index (κ3) is 3.94. The molecule has 1 fully saturated rings. The van der Waals surface area contributed by atoms with Gasteiger partial charge in [0.05, 0.1) is 5.60 Å². The fraction of sp³-hybridized carbons (Fsp3) is 0.625. The lowest BCUT2D eigenvalue weighted by Gasteiger charge is -2.41. The maximum atomic E-state index is 14.0. The van der Waals surface area contributed by atoms with E-state index in [9.17, 15) is 9.50 Å². The van der Waals surface area contributed by atoms with Gasteiger partial charge in [0.15, 0.2) is 0 Å². The molecule has 1 saturated carbocycles. The maximum Gasteiger partial charge on any atom is 0.126 e. The maximum absolute atomic E-state index is 14.0. The number of hydrogen-bond donors (Lipinski definition) is 1. The van der Waals surface area contributed by atoms with Crippen molar-refractivity contribution in [3.05, 3.63) is 35.6 Å². The third-order valence-electron chi connectivity index (χ3n) is 4.27. The van der Waals surface area contributed by atoms with Gasteiger partial charge in [-0.1, -0.05) is 31.0 Å². The van der Waals surface area contributed by atoms with Gasteiger partial charge in [0, 0.05) is 12.5 Å². The van der Waals surface area contributed by atoms with Crippen molar-refractivity contribution in [2.24, 2.45) is 0 Å². The summed E-state index contributed by atoms with van der Waals surface area (Å²) >= 11 is 0. The molecule has 2 rings (SSSR count). The van der Waals surface area contributed by atoms with Crippen LogP contribution in [-0.4, -0.2) is 36.2 Å². The second kappa shape index (κ2) is 7.39. The van der Waals surface area contributed by atoms with Crippen LogP contribution in [0.15, 0.2) is 24.3 Å². The van der Waals surface area contributed by atoms with E-state index in [2.05, 4.69) is 4.90 Å². The number of nitrogens with zero attached hydrogens (tertiary/aromatic N) is 1. The van der Waals surface area contributed by atoms with Crippen molar-refractivity contribution in [1.29, 1.82) is 0 Å². The second-order valence-corrected chi connectivity index (χ2v) is 5.98. The zero-order valence-corrected chi connectivity index (χ0v) is 13.1. The van der Waals surface area contributed by atoms with Gasteiger partial charge in [0.2, 0.25) is 0 Å². The van der Waals surface area contributed by atoms with Crippen molar-refractivity contribution in [1.82, 2.24) is 4.90 Å². The normalized spacial score (nSPS) is 26.4. The molecule has 114 valence electrons. The van der Waals surface area contributed by atoms with Crippen LogP contribution < -0.4 is 0 Å². The van der Waals surface area contributed by atoms with Crippen molar-refractivity contribution in [3.8, 4) is 0 Å². The first-order chi connectivity index (χ1) is 9.03. The fourth-order valence-corrected chi connectivity index (χ4v) is 3.14. The minimum atomic E-state index is -0.759. The molecule has 0 aliphatic heterocycles. The molecule has 4 heteroatoms. The van der Waals surface area contributed by atoms with E-state index in [1.807, 2.05) is 26.2 Å². The summed E-state index contributed by atoms with van der Waals surface area (Å²) in [5, 5.41) is 11.0. The highest BCUT2D eigenvalue weighted by atomic mass is 35.5. The molecule has 0 radical (unpaired) electrons. The Labute approximate surface area is 127 Å². The van der Waals surface area contributed by atoms with Crippen LogP contribution in [0.5, 0.6) is 0 Å². The minimum absolute atomic E-state index is 0. The smallest absolute Gasteiger partial charge is 0.126 e. The first-order valence-corrected chi connectivity index (χ1v) is 7.14. The van der Waals surface area contributed by atoms with Crippen LogP contribution >= 0.6 is 12.4 Å². The van der Waals surface area contributed by atoms with E-state index in [1.54, 1.807) is 6.07 Å². The van der Waals surface area contributed by atoms with Crippen LogP contribution in [0.3, 0.4) is 0 Å². The minimum Gasteiger partial charge on any atom is -0.389 e. The number of halogens is 2. The summed E-state index contributed by atoms with van der Waals surface area (Å²) in [7, 11) is 4.01. The van der Waals surface area contributed by atoms with Gasteiger partial charge in [-0.2, -0.15) is 0 Å². The van der Waals surface area contributed by atoms with E-state index >= 15 is 0 Å². The summed E-state index contributed by atoms with van der Waals surface area (Å²) in [6.07, 6.45) is 4.47. The molecule has 2 nitrogen and oxygen atoms in total. The topological polar surface area (TPSA) is 23.5 Å². The molecule has 20 heavy (non-hydrogen) atoms. The summed E-state index contributed by atoms with van der Waals surface area (Å²) < 4.78 is 14.0. The number of hydrogen-bond acceptors (Lipinski definition) is 2. The van der Waals surface area contributed by atoms with Crippen LogP contribution in [0.2, 0.25) is 0 Å². The summed E-state index contributed by atoms with van der Waals surface area (Å²) in [6, 6.07) is 6.89. The molecule has 1 aliphatic rings. The lowest BCUT2D eigenvalue weighted by Crippen LogP contribution is -2.41. The lowest BCUT2D eigenvalue weighted by molar-refractivity contribution is -0.0296. The molecule has 1 aliphatic carbocycles. The number of aliphatic hydroxyl groups is 1. The molecular weight excluding hydrogens is 277 g/mol. The third-order valence-corrected chi connectivity index (χ3v) is 4.27. The Morgan fingerprint density at radius 3 is 2.65 bits per heavy atom. The Kier molecular flexibility index (Phi) is 6.44. The molecule has 1 N–H and O–H groups in total. The fourth-order valence-electron chi connectivity index (χ4n) is 3.14. The summed E-state index contributed by atoms with van der Waals surface area (Å²) in [5.41, 5.74) is -0.0755. The Morgan fingerprint density at radius 1 is 1.30 bits per heavy atom. The van der Waals surface area contributed by atoms with Gasteiger partial charge in [-0.05, 0) is 45.0 Å². The van der Waals surface area contributed by atoms with Gasteiger partial charge in [-0.25, -0.2) is 4.39 Å². The Morgan fingerprint density at radius 2 is 2.00 bits per heavy atom. The average molecular weight is 302 g/mol. The standard InChI is InChI=1S/C16H24FNO.ClH/c1-18(2)12-11-16(19)10-6-5-8-14(16)13-7-3-4-9-15(13)17;/h3-4,7,9,14,19H,5-6,8,10-12H2,1-2H3;1H/t14-,16-;/m1./s1. The molecular formula is C16H25ClFNO. The van der Waals surface area contributed by atoms with Crippen molar-refractivity contribution in [2.75, 3.05) is 20.6 Å². The highest BCUT2D eigenvalue weighted by Gasteiger charge is 2.40. The van der Waals surface area contributed by atoms with E-state index < -0.39 is 5.60 Å². The average Bonchev–Trinajstić information content (AvgIpc) is 2.38. The first-order valence-electron chi connectivity index (χ1n) is 7.14. The van der Waals surface area contributed by atoms with E-state index in [4.69, 9.17) is 0 Å². The van der Waals surface area contributed by atoms with Crippen LogP contribution in [-0.2, 0) is 0 Å². The van der Waals surface area contributed by atoms with Crippen molar-refractivity contribution in [2.45, 2.75) is 43.6 Å². The van der Waals surface area contributed by atoms with Crippen LogP contribution in [0.4, 0.5) is 4.39 Å². The van der Waals surface area contributed by atoms with Gasteiger partial charge in [-0.3, -0.25) is 0 Å². The quantitative estimate of drug-likeness (QED) is 0.919. The van der Waals surface area contributed by atoms with Gasteiger partial charge in [0.25, 0.3) is 0 Å². The lowest BCUT2D eigenvalue weighted by atomic mass is 9.70. The van der Waals surface area contributed by atoms with E-state index in [0.717, 1.165) is 32.2 Å². The van der Waals surface area contributed by atoms with Crippen LogP contribution in [0.25, 0.3) is 0 Å². The van der Waals surface area contributed by atoms with Gasteiger partial charge < -0.3 is 10.0 Å². The Hall–Kier alpha value is -0.640. The van der Waals surface area contributed by atoms with E-state index in [0.29, 0.717) is 12.0 Å². The monoisotopic (exact) mass is 301 g/mol. The zero-order valence-electron chi connectivity index (χ0n) is 12.3. The van der Waals surface area contributed by atoms with Gasteiger partial charge in [0.1, 0.15) is 5.82 Å². The highest BCUT2D eigenvalue weighted by molar-refractivity contribution is 5.85. The van der Waals surface area contributed by atoms with Gasteiger partial charge in [-0.15, -0.1) is 12.4 Å². The first kappa shape index (κ1) is 17.4. The molecule has 0 saturated heterocycles. The van der Waals surface area contributed by atoms with Crippen LogP contribution in [0, 0.1) is 5.82 Å². The van der Waals surface area contributed by atoms with Crippen molar-refractivity contribution < 1.29 is 9.50 Å². The summed E-state index contributed by atoms with van der Waals surface area (Å²) in [4.78, 5) is 2.07. The van der Waals surface area contributed by atoms with Crippen molar-refractivity contribution >= 4 is 12.4 Å². The predicted octanol–water partition coefficient (Wildman–Crippen LogP) is 3.59. The molecule has 0 aromatic heterocycles. The van der Waals surface area contributed by atoms with E-state index in [-0.39, 0.29) is 24.1 Å². The molecule has 0 unspecified atom stereocenters. The Bertz CT molecular complexity index is 427. The van der Waals surface area contributed by atoms with E-state index in [1.165, 1.54) is 6.07 Å². The molecule has 1 aromatic rings. The predicted molar refractivity (Wildman–Crippen MR) is 83.0 cm³/mol. The molecule has 2 atom stereocenters. The number of benzene rings is 1. The molecule has 0 amide bonds. The SMILES string of the molecule is CN(C)CC[C@]1(O)CCCC[C@@H]1c1ccccc1F.Cl. The highest BCUT2D eigenvalue weighted by Crippen LogP contribution is 2.43. The largest absolute Gasteiger partial charge is 0.389 e. The zero-order chi connectivity index (χ0) is 13.9. The molecule has 0 heterocycles. The van der Waals surface area contributed by atoms with Gasteiger partial charge >= 0.3 is 0 Å². The van der Waals surface area contributed by atoms with Crippen molar-refractivity contribution in [3.63, 3.8) is 0 Å². The Balaban J connectivity index is 0.00000200. The summed E-state index contributed by atoms with van der Waals surface area (Å²) in [5.74, 6) is -0.250. The number of rotatable bonds is 4. The molecule has 0 spiro atoms.